The molecule has 1 aromatic carbocycles. The van der Waals surface area contributed by atoms with Crippen LogP contribution in [0.2, 0.25) is 5.02 Å². The Labute approximate surface area is 128 Å². The fraction of sp³-hybridized carbons (Fsp3) is 0.533. The zero-order valence-electron chi connectivity index (χ0n) is 11.8. The third kappa shape index (κ3) is 4.15. The standard InChI is InChI=1S/C15H19ClFNO3/c1-9(18-13(19)8-10-4-3-7-21-10)15(20)14-11(16)5-2-6-12(14)17/h2,5-6,9-10,15,20H,3-4,7-8H2,1H3,(H,18,19)/t9-,10+,15+/m0/s1. The molecule has 1 amide bonds. The molecule has 1 aromatic rings. The van der Waals surface area contributed by atoms with Crippen molar-refractivity contribution in [2.45, 2.75) is 44.4 Å². The molecule has 2 N–H and O–H groups in total. The number of nitrogens with one attached hydrogen (secondary N) is 1. The molecule has 0 saturated carbocycles. The third-order valence-corrected chi connectivity index (χ3v) is 3.92. The third-order valence-electron chi connectivity index (χ3n) is 3.59. The Kier molecular flexibility index (Phi) is 5.56. The van der Waals surface area contributed by atoms with E-state index in [1.807, 2.05) is 0 Å². The van der Waals surface area contributed by atoms with E-state index in [-0.39, 0.29) is 29.0 Å². The van der Waals surface area contributed by atoms with Crippen LogP contribution in [0.3, 0.4) is 0 Å². The topological polar surface area (TPSA) is 58.6 Å². The molecule has 1 aliphatic heterocycles. The molecule has 3 atom stereocenters. The normalized spacial score (nSPS) is 21.0. The van der Waals surface area contributed by atoms with Crippen molar-refractivity contribution >= 4 is 17.5 Å². The minimum absolute atomic E-state index is 0.00378. The van der Waals surface area contributed by atoms with Gasteiger partial charge in [0.25, 0.3) is 0 Å². The molecule has 0 aliphatic carbocycles. The van der Waals surface area contributed by atoms with Gasteiger partial charge < -0.3 is 15.2 Å². The molecule has 1 heterocycles. The van der Waals surface area contributed by atoms with Crippen LogP contribution in [0.5, 0.6) is 0 Å². The lowest BCUT2D eigenvalue weighted by atomic mass is 10.0. The number of carbonyl (C=O) groups excluding carboxylic acids is 1. The number of ether oxygens (including phenoxy) is 1. The van der Waals surface area contributed by atoms with E-state index >= 15 is 0 Å². The first kappa shape index (κ1) is 16.2. The molecule has 4 nitrogen and oxygen atoms in total. The van der Waals surface area contributed by atoms with Crippen molar-refractivity contribution in [3.05, 3.63) is 34.6 Å². The van der Waals surface area contributed by atoms with E-state index in [0.717, 1.165) is 12.8 Å². The van der Waals surface area contributed by atoms with Gasteiger partial charge in [0, 0.05) is 17.2 Å². The maximum Gasteiger partial charge on any atom is 0.222 e. The fourth-order valence-corrected chi connectivity index (χ4v) is 2.72. The summed E-state index contributed by atoms with van der Waals surface area (Å²) in [6.45, 7) is 2.29. The number of aliphatic hydroxyl groups is 1. The van der Waals surface area contributed by atoms with E-state index < -0.39 is 18.0 Å². The van der Waals surface area contributed by atoms with Crippen LogP contribution in [0.4, 0.5) is 4.39 Å². The van der Waals surface area contributed by atoms with E-state index in [0.29, 0.717) is 6.61 Å². The van der Waals surface area contributed by atoms with E-state index in [1.165, 1.54) is 18.2 Å². The number of carbonyl (C=O) groups is 1. The lowest BCUT2D eigenvalue weighted by Gasteiger charge is -2.22. The van der Waals surface area contributed by atoms with Crippen molar-refractivity contribution < 1.29 is 19.0 Å². The Hall–Kier alpha value is -1.17. The quantitative estimate of drug-likeness (QED) is 0.878. The first-order valence-electron chi connectivity index (χ1n) is 7.02. The summed E-state index contributed by atoms with van der Waals surface area (Å²) in [4.78, 5) is 11.9. The lowest BCUT2D eigenvalue weighted by Crippen LogP contribution is -2.38. The Morgan fingerprint density at radius 1 is 1.62 bits per heavy atom. The van der Waals surface area contributed by atoms with Gasteiger partial charge in [0.2, 0.25) is 5.91 Å². The number of hydrogen-bond donors (Lipinski definition) is 2. The lowest BCUT2D eigenvalue weighted by molar-refractivity contribution is -0.124. The summed E-state index contributed by atoms with van der Waals surface area (Å²) in [5, 5.41) is 13.0. The largest absolute Gasteiger partial charge is 0.386 e. The molecule has 2 rings (SSSR count). The van der Waals surface area contributed by atoms with Crippen LogP contribution < -0.4 is 5.32 Å². The minimum atomic E-state index is -1.20. The number of rotatable bonds is 5. The maximum atomic E-state index is 13.7. The number of amides is 1. The summed E-state index contributed by atoms with van der Waals surface area (Å²) in [5.74, 6) is -0.809. The molecule has 1 fully saturated rings. The van der Waals surface area contributed by atoms with Crippen molar-refractivity contribution in [1.29, 1.82) is 0 Å². The molecule has 0 unspecified atom stereocenters. The summed E-state index contributed by atoms with van der Waals surface area (Å²) >= 11 is 5.91. The average molecular weight is 316 g/mol. The maximum absolute atomic E-state index is 13.7. The van der Waals surface area contributed by atoms with Crippen molar-refractivity contribution in [2.24, 2.45) is 0 Å². The van der Waals surface area contributed by atoms with Crippen molar-refractivity contribution in [3.8, 4) is 0 Å². The van der Waals surface area contributed by atoms with Crippen LogP contribution in [-0.4, -0.2) is 29.8 Å². The highest BCUT2D eigenvalue weighted by Crippen LogP contribution is 2.28. The summed E-state index contributed by atoms with van der Waals surface area (Å²) in [6, 6.07) is 3.55. The summed E-state index contributed by atoms with van der Waals surface area (Å²) < 4.78 is 19.1. The van der Waals surface area contributed by atoms with Crippen molar-refractivity contribution in [2.75, 3.05) is 6.61 Å². The SMILES string of the molecule is C[C@H](NC(=O)C[C@H]1CCCO1)[C@@H](O)c1c(F)cccc1Cl. The highest BCUT2D eigenvalue weighted by molar-refractivity contribution is 6.31. The molecule has 0 radical (unpaired) electrons. The Morgan fingerprint density at radius 3 is 3.00 bits per heavy atom. The predicted octanol–water partition coefficient (Wildman–Crippen LogP) is 2.59. The fourth-order valence-electron chi connectivity index (χ4n) is 2.45. The van der Waals surface area contributed by atoms with E-state index in [9.17, 15) is 14.3 Å². The van der Waals surface area contributed by atoms with Gasteiger partial charge in [-0.2, -0.15) is 0 Å². The highest BCUT2D eigenvalue weighted by Gasteiger charge is 2.25. The van der Waals surface area contributed by atoms with Gasteiger partial charge in [-0.05, 0) is 31.9 Å². The van der Waals surface area contributed by atoms with Gasteiger partial charge in [-0.25, -0.2) is 4.39 Å². The van der Waals surface area contributed by atoms with Crippen LogP contribution in [0.15, 0.2) is 18.2 Å². The van der Waals surface area contributed by atoms with Gasteiger partial charge in [-0.1, -0.05) is 17.7 Å². The van der Waals surface area contributed by atoms with Gasteiger partial charge in [0.15, 0.2) is 0 Å². The first-order valence-corrected chi connectivity index (χ1v) is 7.39. The van der Waals surface area contributed by atoms with Crippen LogP contribution >= 0.6 is 11.6 Å². The number of halogens is 2. The van der Waals surface area contributed by atoms with Gasteiger partial charge in [-0.15, -0.1) is 0 Å². The molecule has 0 aromatic heterocycles. The second-order valence-corrected chi connectivity index (χ2v) is 5.68. The zero-order valence-corrected chi connectivity index (χ0v) is 12.6. The van der Waals surface area contributed by atoms with Crippen LogP contribution in [-0.2, 0) is 9.53 Å². The van der Waals surface area contributed by atoms with Crippen molar-refractivity contribution in [1.82, 2.24) is 5.32 Å². The van der Waals surface area contributed by atoms with Crippen LogP contribution in [0.1, 0.15) is 37.9 Å². The van der Waals surface area contributed by atoms with Crippen LogP contribution in [0, 0.1) is 5.82 Å². The molecule has 116 valence electrons. The molecular weight excluding hydrogens is 297 g/mol. The van der Waals surface area contributed by atoms with E-state index in [1.54, 1.807) is 6.92 Å². The Bertz CT molecular complexity index is 485. The second kappa shape index (κ2) is 7.20. The Balaban J connectivity index is 1.95. The molecule has 1 saturated heterocycles. The first-order chi connectivity index (χ1) is 9.99. The van der Waals surface area contributed by atoms with Gasteiger partial charge in [0.05, 0.1) is 18.6 Å². The molecule has 0 spiro atoms. The zero-order chi connectivity index (χ0) is 15.4. The van der Waals surface area contributed by atoms with E-state index in [4.69, 9.17) is 16.3 Å². The predicted molar refractivity (Wildman–Crippen MR) is 77.6 cm³/mol. The summed E-state index contributed by atoms with van der Waals surface area (Å²) in [5.41, 5.74) is 0.00378. The van der Waals surface area contributed by atoms with Gasteiger partial charge in [0.1, 0.15) is 11.9 Å². The number of benzene rings is 1. The number of hydrogen-bond acceptors (Lipinski definition) is 3. The monoisotopic (exact) mass is 315 g/mol. The molecule has 0 bridgehead atoms. The van der Waals surface area contributed by atoms with Crippen LogP contribution in [0.25, 0.3) is 0 Å². The number of aliphatic hydroxyl groups excluding tert-OH is 1. The molecule has 21 heavy (non-hydrogen) atoms. The second-order valence-electron chi connectivity index (χ2n) is 5.28. The smallest absolute Gasteiger partial charge is 0.222 e. The highest BCUT2D eigenvalue weighted by atomic mass is 35.5. The van der Waals surface area contributed by atoms with Gasteiger partial charge >= 0.3 is 0 Å². The molecular formula is C15H19ClFNO3. The molecule has 1 aliphatic rings. The van der Waals surface area contributed by atoms with Crippen molar-refractivity contribution in [3.63, 3.8) is 0 Å². The summed E-state index contributed by atoms with van der Waals surface area (Å²) in [6.07, 6.45) is 0.811. The minimum Gasteiger partial charge on any atom is -0.386 e. The molecule has 6 heteroatoms. The Morgan fingerprint density at radius 2 is 2.38 bits per heavy atom. The van der Waals surface area contributed by atoms with Gasteiger partial charge in [-0.3, -0.25) is 4.79 Å². The van der Waals surface area contributed by atoms with E-state index in [2.05, 4.69) is 5.32 Å². The summed E-state index contributed by atoms with van der Waals surface area (Å²) in [7, 11) is 0. The average Bonchev–Trinajstić information content (AvgIpc) is 2.90.